The lowest BCUT2D eigenvalue weighted by Crippen LogP contribution is -2.39. The summed E-state index contributed by atoms with van der Waals surface area (Å²) in [5.41, 5.74) is 1.74. The number of fused-ring (bicyclic) bond motifs is 2. The van der Waals surface area contributed by atoms with Crippen LogP contribution < -0.4 is 10.2 Å². The summed E-state index contributed by atoms with van der Waals surface area (Å²) in [7, 11) is 0. The molecule has 226 valence electrons. The molecule has 42 heavy (non-hydrogen) atoms. The van der Waals surface area contributed by atoms with Crippen molar-refractivity contribution in [2.24, 2.45) is 0 Å². The van der Waals surface area contributed by atoms with E-state index in [2.05, 4.69) is 0 Å². The molecule has 2 aromatic carbocycles. The van der Waals surface area contributed by atoms with Crippen molar-refractivity contribution in [3.05, 3.63) is 63.4 Å². The van der Waals surface area contributed by atoms with Gasteiger partial charge in [-0.1, -0.05) is 26.0 Å². The fourth-order valence-corrected chi connectivity index (χ4v) is 5.06. The van der Waals surface area contributed by atoms with E-state index in [4.69, 9.17) is 14.2 Å². The predicted octanol–water partition coefficient (Wildman–Crippen LogP) is 7.10. The fraction of sp³-hybridized carbons (Fsp3) is 0.469. The minimum absolute atomic E-state index is 0.0579. The van der Waals surface area contributed by atoms with Gasteiger partial charge in [0.15, 0.2) is 5.75 Å². The van der Waals surface area contributed by atoms with E-state index in [1.807, 2.05) is 52.8 Å². The molecule has 3 aromatic rings. The quantitative estimate of drug-likeness (QED) is 0.287. The monoisotopic (exact) mass is 584 g/mol. The van der Waals surface area contributed by atoms with Gasteiger partial charge in [0.05, 0.1) is 17.5 Å². The summed E-state index contributed by atoms with van der Waals surface area (Å²) in [6, 6.07) is 8.65. The summed E-state index contributed by atoms with van der Waals surface area (Å²) in [4.78, 5) is 40.1. The minimum atomic E-state index is -3.14. The van der Waals surface area contributed by atoms with Crippen molar-refractivity contribution in [3.63, 3.8) is 0 Å². The lowest BCUT2D eigenvalue weighted by molar-refractivity contribution is -0.0486. The highest BCUT2D eigenvalue weighted by molar-refractivity contribution is 5.98. The minimum Gasteiger partial charge on any atom is -0.462 e. The smallest absolute Gasteiger partial charge is 0.410 e. The van der Waals surface area contributed by atoms with Gasteiger partial charge in [0.1, 0.15) is 11.2 Å². The highest BCUT2D eigenvalue weighted by Crippen LogP contribution is 2.43. The maximum atomic E-state index is 13.8. The summed E-state index contributed by atoms with van der Waals surface area (Å²) in [5.74, 6) is -0.889. The zero-order valence-corrected chi connectivity index (χ0v) is 25.0. The number of hydrogen-bond acceptors (Lipinski definition) is 6. The zero-order valence-electron chi connectivity index (χ0n) is 25.0. The number of amides is 1. The Labute approximate surface area is 244 Å². The molecule has 0 radical (unpaired) electrons. The van der Waals surface area contributed by atoms with E-state index in [0.29, 0.717) is 30.6 Å². The SMILES string of the molecule is CC.CCOC(=O)c1cn(C2CC2)c2c(OC(F)F)c(-c3ccc4c(c3)CN(C(=O)OC(C)(C)C)CC4)ccc2c1=O. The molecule has 1 aliphatic carbocycles. The van der Waals surface area contributed by atoms with Crippen LogP contribution >= 0.6 is 0 Å². The molecular formula is C32H38F2N2O6. The van der Waals surface area contributed by atoms with Crippen molar-refractivity contribution in [1.29, 1.82) is 0 Å². The summed E-state index contributed by atoms with van der Waals surface area (Å²) in [6.45, 7) is 8.84. The second-order valence-corrected chi connectivity index (χ2v) is 11.1. The van der Waals surface area contributed by atoms with Crippen LogP contribution in [0.1, 0.15) is 81.9 Å². The Hall–Kier alpha value is -3.95. The first-order valence-electron chi connectivity index (χ1n) is 14.4. The molecule has 0 spiro atoms. The molecule has 1 fully saturated rings. The molecule has 0 saturated heterocycles. The average molecular weight is 585 g/mol. The first kappa shape index (κ1) is 31.0. The van der Waals surface area contributed by atoms with Crippen molar-refractivity contribution in [2.75, 3.05) is 13.2 Å². The van der Waals surface area contributed by atoms with Gasteiger partial charge in [0, 0.05) is 30.9 Å². The van der Waals surface area contributed by atoms with Crippen LogP contribution in [0, 0.1) is 0 Å². The Morgan fingerprint density at radius 2 is 1.79 bits per heavy atom. The number of benzene rings is 2. The summed E-state index contributed by atoms with van der Waals surface area (Å²) < 4.78 is 45.0. The van der Waals surface area contributed by atoms with E-state index < -0.39 is 29.7 Å². The third-order valence-electron chi connectivity index (χ3n) is 6.97. The van der Waals surface area contributed by atoms with Crippen molar-refractivity contribution in [1.82, 2.24) is 9.47 Å². The number of alkyl halides is 2. The van der Waals surface area contributed by atoms with E-state index in [0.717, 1.165) is 24.0 Å². The van der Waals surface area contributed by atoms with Crippen LogP contribution in [0.2, 0.25) is 0 Å². The van der Waals surface area contributed by atoms with Gasteiger partial charge in [0.25, 0.3) is 0 Å². The van der Waals surface area contributed by atoms with E-state index in [1.165, 1.54) is 6.20 Å². The van der Waals surface area contributed by atoms with Gasteiger partial charge in [0.2, 0.25) is 5.43 Å². The number of carbonyl (C=O) groups excluding carboxylic acids is 2. The maximum Gasteiger partial charge on any atom is 0.410 e. The van der Waals surface area contributed by atoms with Crippen LogP contribution in [0.15, 0.2) is 41.3 Å². The topological polar surface area (TPSA) is 87.1 Å². The molecule has 0 N–H and O–H groups in total. The lowest BCUT2D eigenvalue weighted by atomic mass is 9.93. The van der Waals surface area contributed by atoms with Gasteiger partial charge < -0.3 is 23.7 Å². The molecule has 1 saturated carbocycles. The Balaban J connectivity index is 0.00000198. The fourth-order valence-electron chi connectivity index (χ4n) is 5.06. The number of hydrogen-bond donors (Lipinski definition) is 0. The molecule has 1 aromatic heterocycles. The summed E-state index contributed by atoms with van der Waals surface area (Å²) >= 11 is 0. The molecule has 1 aliphatic heterocycles. The number of pyridine rings is 1. The predicted molar refractivity (Wildman–Crippen MR) is 156 cm³/mol. The first-order chi connectivity index (χ1) is 20.0. The normalized spacial score (nSPS) is 14.6. The van der Waals surface area contributed by atoms with Gasteiger partial charge in [-0.3, -0.25) is 4.79 Å². The van der Waals surface area contributed by atoms with Crippen LogP contribution in [0.25, 0.3) is 22.0 Å². The Morgan fingerprint density at radius 3 is 2.40 bits per heavy atom. The number of aromatic nitrogens is 1. The van der Waals surface area contributed by atoms with Crippen LogP contribution in [-0.2, 0) is 22.4 Å². The average Bonchev–Trinajstić information content (AvgIpc) is 3.78. The lowest BCUT2D eigenvalue weighted by Gasteiger charge is -2.31. The molecule has 0 atom stereocenters. The number of esters is 1. The molecule has 2 aliphatic rings. The number of rotatable bonds is 6. The third kappa shape index (κ3) is 6.58. The highest BCUT2D eigenvalue weighted by Gasteiger charge is 2.31. The summed E-state index contributed by atoms with van der Waals surface area (Å²) in [6.07, 6.45) is 3.16. The van der Waals surface area contributed by atoms with Crippen LogP contribution in [0.4, 0.5) is 13.6 Å². The number of carbonyl (C=O) groups is 2. The Kier molecular flexibility index (Phi) is 9.23. The molecule has 0 unspecified atom stereocenters. The van der Waals surface area contributed by atoms with E-state index in [-0.39, 0.29) is 34.9 Å². The van der Waals surface area contributed by atoms with Gasteiger partial charge in [-0.2, -0.15) is 8.78 Å². The van der Waals surface area contributed by atoms with Crippen molar-refractivity contribution in [2.45, 2.75) is 85.6 Å². The van der Waals surface area contributed by atoms with Crippen molar-refractivity contribution < 1.29 is 32.6 Å². The molecule has 8 nitrogen and oxygen atoms in total. The number of ether oxygens (including phenoxy) is 3. The summed E-state index contributed by atoms with van der Waals surface area (Å²) in [5, 5.41) is 0.103. The van der Waals surface area contributed by atoms with Crippen LogP contribution in [-0.4, -0.2) is 46.9 Å². The highest BCUT2D eigenvalue weighted by atomic mass is 19.3. The van der Waals surface area contributed by atoms with Gasteiger partial charge in [-0.25, -0.2) is 9.59 Å². The Morgan fingerprint density at radius 1 is 1.07 bits per heavy atom. The largest absolute Gasteiger partial charge is 0.462 e. The molecule has 5 rings (SSSR count). The second-order valence-electron chi connectivity index (χ2n) is 11.1. The maximum absolute atomic E-state index is 13.8. The molecule has 10 heteroatoms. The van der Waals surface area contributed by atoms with Crippen molar-refractivity contribution >= 4 is 23.0 Å². The molecular weight excluding hydrogens is 546 g/mol. The van der Waals surface area contributed by atoms with Gasteiger partial charge in [-0.15, -0.1) is 0 Å². The van der Waals surface area contributed by atoms with E-state index in [1.54, 1.807) is 28.5 Å². The third-order valence-corrected chi connectivity index (χ3v) is 6.97. The van der Waals surface area contributed by atoms with Gasteiger partial charge >= 0.3 is 18.7 Å². The molecule has 1 amide bonds. The van der Waals surface area contributed by atoms with Gasteiger partial charge in [-0.05, 0) is 81.8 Å². The molecule has 2 heterocycles. The standard InChI is InChI=1S/C30H32F2N2O6.C2H6/c1-5-38-27(36)23-16-34(20-8-9-20)24-22(25(23)35)11-10-21(26(24)39-28(31)32)18-7-6-17-12-13-33(15-19(17)14-18)29(37)40-30(2,3)4;1-2/h6-7,10-11,14,16,20,28H,5,8-9,12-13,15H2,1-4H3;1-2H3. The first-order valence-corrected chi connectivity index (χ1v) is 14.4. The van der Waals surface area contributed by atoms with Crippen molar-refractivity contribution in [3.8, 4) is 16.9 Å². The number of nitrogens with zero attached hydrogens (tertiary/aromatic N) is 2. The van der Waals surface area contributed by atoms with Crippen LogP contribution in [0.5, 0.6) is 5.75 Å². The Bertz CT molecular complexity index is 1540. The second kappa shape index (κ2) is 12.5. The van der Waals surface area contributed by atoms with E-state index >= 15 is 0 Å². The van der Waals surface area contributed by atoms with Crippen LogP contribution in [0.3, 0.4) is 0 Å². The molecule has 0 bridgehead atoms. The zero-order chi connectivity index (χ0) is 30.8. The number of halogens is 2. The van der Waals surface area contributed by atoms with E-state index in [9.17, 15) is 23.2 Å².